The summed E-state index contributed by atoms with van der Waals surface area (Å²) in [6.45, 7) is -0.321. The van der Waals surface area contributed by atoms with Crippen LogP contribution in [0.4, 0.5) is 11.4 Å². The fourth-order valence-electron chi connectivity index (χ4n) is 3.06. The number of nitrogens with one attached hydrogen (secondary N) is 2. The molecule has 2 N–H and O–H groups in total. The van der Waals surface area contributed by atoms with Crippen molar-refractivity contribution in [1.82, 2.24) is 0 Å². The molecule has 2 amide bonds. The number of halogens is 3. The maximum absolute atomic E-state index is 12.6. The first-order valence-corrected chi connectivity index (χ1v) is 12.1. The van der Waals surface area contributed by atoms with E-state index in [1.54, 1.807) is 55.6 Å². The van der Waals surface area contributed by atoms with E-state index in [2.05, 4.69) is 26.6 Å². The molecule has 0 aromatic heterocycles. The van der Waals surface area contributed by atoms with Crippen molar-refractivity contribution < 1.29 is 23.8 Å². The smallest absolute Gasteiger partial charge is 0.266 e. The van der Waals surface area contributed by atoms with Gasteiger partial charge in [-0.25, -0.2) is 0 Å². The number of nitrogens with zero attached hydrogens (tertiary/aromatic N) is 1. The molecular weight excluding hydrogens is 585 g/mol. The zero-order valence-electron chi connectivity index (χ0n) is 19.6. The molecule has 0 atom stereocenters. The predicted octanol–water partition coefficient (Wildman–Crippen LogP) is 6.34. The number of nitriles is 1. The Balaban J connectivity index is 1.72. The molecule has 190 valence electrons. The van der Waals surface area contributed by atoms with Crippen molar-refractivity contribution in [2.75, 3.05) is 31.5 Å². The fourth-order valence-corrected chi connectivity index (χ4v) is 3.93. The lowest BCUT2D eigenvalue weighted by Crippen LogP contribution is -2.20. The van der Waals surface area contributed by atoms with Gasteiger partial charge in [0, 0.05) is 11.4 Å². The minimum Gasteiger partial charge on any atom is -0.497 e. The van der Waals surface area contributed by atoms with E-state index >= 15 is 0 Å². The number of anilines is 2. The van der Waals surface area contributed by atoms with Crippen molar-refractivity contribution >= 4 is 68.4 Å². The van der Waals surface area contributed by atoms with Gasteiger partial charge >= 0.3 is 0 Å². The highest BCUT2D eigenvalue weighted by atomic mass is 79.9. The Morgan fingerprint density at radius 3 is 2.30 bits per heavy atom. The average Bonchev–Trinajstić information content (AvgIpc) is 2.88. The Kier molecular flexibility index (Phi) is 9.80. The molecule has 0 aliphatic carbocycles. The van der Waals surface area contributed by atoms with Crippen LogP contribution in [0.5, 0.6) is 17.2 Å². The third kappa shape index (κ3) is 7.64. The lowest BCUT2D eigenvalue weighted by molar-refractivity contribution is -0.118. The highest BCUT2D eigenvalue weighted by Crippen LogP contribution is 2.37. The topological polar surface area (TPSA) is 110 Å². The van der Waals surface area contributed by atoms with Crippen LogP contribution in [0.15, 0.2) is 64.6 Å². The molecule has 3 rings (SSSR count). The number of methoxy groups -OCH3 is 2. The summed E-state index contributed by atoms with van der Waals surface area (Å²) in [5, 5.41) is 15.5. The van der Waals surface area contributed by atoms with Crippen LogP contribution < -0.4 is 24.8 Å². The van der Waals surface area contributed by atoms with Gasteiger partial charge in [0.1, 0.15) is 17.4 Å². The molecule has 0 bridgehead atoms. The van der Waals surface area contributed by atoms with Gasteiger partial charge < -0.3 is 24.8 Å². The molecular formula is C26H20BrCl2N3O5. The van der Waals surface area contributed by atoms with E-state index < -0.39 is 11.8 Å². The minimum absolute atomic E-state index is 0.126. The molecule has 0 heterocycles. The van der Waals surface area contributed by atoms with E-state index in [4.69, 9.17) is 37.4 Å². The van der Waals surface area contributed by atoms with E-state index in [-0.39, 0.29) is 23.7 Å². The zero-order chi connectivity index (χ0) is 26.9. The van der Waals surface area contributed by atoms with Crippen molar-refractivity contribution in [3.05, 3.63) is 80.3 Å². The molecule has 0 saturated heterocycles. The summed E-state index contributed by atoms with van der Waals surface area (Å²) in [6.07, 6.45) is 1.41. The van der Waals surface area contributed by atoms with E-state index in [0.29, 0.717) is 37.2 Å². The van der Waals surface area contributed by atoms with E-state index in [0.717, 1.165) is 0 Å². The minimum atomic E-state index is -0.581. The van der Waals surface area contributed by atoms with Crippen LogP contribution in [0.3, 0.4) is 0 Å². The molecule has 0 radical (unpaired) electrons. The van der Waals surface area contributed by atoms with Gasteiger partial charge in [0.15, 0.2) is 18.1 Å². The van der Waals surface area contributed by atoms with Crippen molar-refractivity contribution in [3.63, 3.8) is 0 Å². The van der Waals surface area contributed by atoms with Crippen molar-refractivity contribution in [2.45, 2.75) is 0 Å². The number of carbonyl (C=O) groups is 2. The van der Waals surface area contributed by atoms with Crippen LogP contribution in [0.1, 0.15) is 5.56 Å². The SMILES string of the molecule is COc1ccc(NC(=O)/C(C#N)=C\c2cc(Br)c(OCC(=O)Nc3ccc(Cl)c(Cl)c3)c(OC)c2)cc1. The highest BCUT2D eigenvalue weighted by Gasteiger charge is 2.16. The predicted molar refractivity (Wildman–Crippen MR) is 146 cm³/mol. The van der Waals surface area contributed by atoms with Gasteiger partial charge in [0.05, 0.1) is 28.7 Å². The van der Waals surface area contributed by atoms with Crippen LogP contribution in [-0.4, -0.2) is 32.6 Å². The summed E-state index contributed by atoms with van der Waals surface area (Å²) in [4.78, 5) is 25.0. The number of benzene rings is 3. The van der Waals surface area contributed by atoms with E-state index in [9.17, 15) is 14.9 Å². The van der Waals surface area contributed by atoms with Gasteiger partial charge in [0.25, 0.3) is 11.8 Å². The first kappa shape index (κ1) is 27.9. The summed E-state index contributed by atoms with van der Waals surface area (Å²) in [6, 6.07) is 16.5. The standard InChI is InChI=1S/C26H20BrCl2N3O5/c1-35-19-6-3-17(4-7-19)32-26(34)16(13-30)9-15-10-20(27)25(23(11-15)36-2)37-14-24(33)31-18-5-8-21(28)22(29)12-18/h3-12H,14H2,1-2H3,(H,31,33)(H,32,34)/b16-9-. The second kappa shape index (κ2) is 13.0. The molecule has 3 aromatic rings. The Morgan fingerprint density at radius 1 is 0.973 bits per heavy atom. The normalized spacial score (nSPS) is 10.8. The van der Waals surface area contributed by atoms with Crippen LogP contribution >= 0.6 is 39.1 Å². The second-order valence-electron chi connectivity index (χ2n) is 7.35. The van der Waals surface area contributed by atoms with Crippen LogP contribution in [0.2, 0.25) is 10.0 Å². The van der Waals surface area contributed by atoms with E-state index in [1.165, 1.54) is 19.3 Å². The maximum Gasteiger partial charge on any atom is 0.266 e. The maximum atomic E-state index is 12.6. The fraction of sp³-hybridized carbons (Fsp3) is 0.115. The number of amides is 2. The van der Waals surface area contributed by atoms with Gasteiger partial charge in [-0.2, -0.15) is 5.26 Å². The first-order valence-electron chi connectivity index (χ1n) is 10.6. The Labute approximate surface area is 231 Å². The number of carbonyl (C=O) groups excluding carboxylic acids is 2. The largest absolute Gasteiger partial charge is 0.497 e. The molecule has 0 aliphatic rings. The summed E-state index contributed by atoms with van der Waals surface area (Å²) >= 11 is 15.3. The molecule has 0 spiro atoms. The third-order valence-corrected chi connectivity index (χ3v) is 6.15. The number of ether oxygens (including phenoxy) is 3. The van der Waals surface area contributed by atoms with Crippen molar-refractivity contribution in [3.8, 4) is 23.3 Å². The molecule has 0 unspecified atom stereocenters. The van der Waals surface area contributed by atoms with Gasteiger partial charge in [-0.3, -0.25) is 9.59 Å². The van der Waals surface area contributed by atoms with Gasteiger partial charge in [-0.15, -0.1) is 0 Å². The quantitative estimate of drug-likeness (QED) is 0.218. The summed E-state index contributed by atoms with van der Waals surface area (Å²) < 4.78 is 16.6. The Morgan fingerprint density at radius 2 is 1.68 bits per heavy atom. The molecule has 37 heavy (non-hydrogen) atoms. The monoisotopic (exact) mass is 603 g/mol. The summed E-state index contributed by atoms with van der Waals surface area (Å²) in [5.41, 5.74) is 1.34. The molecule has 0 saturated carbocycles. The van der Waals surface area contributed by atoms with Gasteiger partial charge in [0.2, 0.25) is 0 Å². The van der Waals surface area contributed by atoms with Gasteiger partial charge in [-0.1, -0.05) is 23.2 Å². The number of hydrogen-bond donors (Lipinski definition) is 2. The number of rotatable bonds is 9. The van der Waals surface area contributed by atoms with Crippen LogP contribution in [0, 0.1) is 11.3 Å². The third-order valence-electron chi connectivity index (χ3n) is 4.83. The van der Waals surface area contributed by atoms with Gasteiger partial charge in [-0.05, 0) is 82.2 Å². The van der Waals surface area contributed by atoms with Crippen molar-refractivity contribution in [1.29, 1.82) is 5.26 Å². The lowest BCUT2D eigenvalue weighted by Gasteiger charge is -2.14. The van der Waals surface area contributed by atoms with Crippen molar-refractivity contribution in [2.24, 2.45) is 0 Å². The van der Waals surface area contributed by atoms with E-state index in [1.807, 2.05) is 6.07 Å². The highest BCUT2D eigenvalue weighted by molar-refractivity contribution is 9.10. The molecule has 0 aliphatic heterocycles. The van der Waals surface area contributed by atoms with Crippen LogP contribution in [0.25, 0.3) is 6.08 Å². The zero-order valence-corrected chi connectivity index (χ0v) is 22.7. The second-order valence-corrected chi connectivity index (χ2v) is 9.02. The molecule has 3 aromatic carbocycles. The Bertz CT molecular complexity index is 1390. The Hall–Kier alpha value is -3.71. The van der Waals surface area contributed by atoms with Crippen LogP contribution in [-0.2, 0) is 9.59 Å². The molecule has 8 nitrogen and oxygen atoms in total. The number of hydrogen-bond acceptors (Lipinski definition) is 6. The summed E-state index contributed by atoms with van der Waals surface area (Å²) in [5.74, 6) is 0.182. The summed E-state index contributed by atoms with van der Waals surface area (Å²) in [7, 11) is 2.97. The molecule has 11 heteroatoms. The average molecular weight is 605 g/mol. The molecule has 0 fully saturated rings. The first-order chi connectivity index (χ1) is 17.7. The lowest BCUT2D eigenvalue weighted by atomic mass is 10.1.